The standard InChI is InChI=1S/C20H21N3O2S/c1-13-9-15-16-11-22(2)8-5-17(16)23-12-19(14-3-6-21-7-4-14)26(24,25)18(10-13)20(15)23/h3-4,6-7,9-10,19H,5,8,11-12H2,1-2H3. The third-order valence-electron chi connectivity index (χ3n) is 5.75. The monoisotopic (exact) mass is 367 g/mol. The van der Waals surface area contributed by atoms with Crippen LogP contribution in [0, 0.1) is 6.92 Å². The molecule has 2 aromatic heterocycles. The number of fused-ring (bicyclic) bond motifs is 3. The highest BCUT2D eigenvalue weighted by atomic mass is 32.2. The Morgan fingerprint density at radius 3 is 2.73 bits per heavy atom. The molecule has 0 fully saturated rings. The SMILES string of the molecule is Cc1cc2c3c(c1)c1c(n3CC(c3ccncc3)S2(=O)=O)CCN(C)C1. The normalized spacial score (nSPS) is 21.7. The molecule has 1 aromatic carbocycles. The Morgan fingerprint density at radius 2 is 1.96 bits per heavy atom. The van der Waals surface area contributed by atoms with Gasteiger partial charge in [0.2, 0.25) is 0 Å². The van der Waals surface area contributed by atoms with E-state index in [-0.39, 0.29) is 0 Å². The van der Waals surface area contributed by atoms with Crippen molar-refractivity contribution in [3.8, 4) is 0 Å². The number of likely N-dealkylation sites (N-methyl/N-ethyl adjacent to an activating group) is 1. The van der Waals surface area contributed by atoms with Crippen molar-refractivity contribution in [2.45, 2.75) is 36.6 Å². The van der Waals surface area contributed by atoms with E-state index < -0.39 is 15.1 Å². The molecule has 0 bridgehead atoms. The van der Waals surface area contributed by atoms with Crippen LogP contribution in [0.3, 0.4) is 0 Å². The van der Waals surface area contributed by atoms with Gasteiger partial charge < -0.3 is 9.47 Å². The summed E-state index contributed by atoms with van der Waals surface area (Å²) in [6, 6.07) is 7.64. The Hall–Kier alpha value is -2.18. The van der Waals surface area contributed by atoms with Gasteiger partial charge >= 0.3 is 0 Å². The van der Waals surface area contributed by atoms with Gasteiger partial charge in [-0.1, -0.05) is 0 Å². The van der Waals surface area contributed by atoms with Gasteiger partial charge in [-0.05, 0) is 54.9 Å². The van der Waals surface area contributed by atoms with Gasteiger partial charge in [0.25, 0.3) is 0 Å². The predicted octanol–water partition coefficient (Wildman–Crippen LogP) is 2.86. The van der Waals surface area contributed by atoms with E-state index in [4.69, 9.17) is 0 Å². The molecule has 0 spiro atoms. The number of hydrogen-bond acceptors (Lipinski definition) is 4. The van der Waals surface area contributed by atoms with E-state index in [9.17, 15) is 8.42 Å². The Morgan fingerprint density at radius 1 is 1.19 bits per heavy atom. The van der Waals surface area contributed by atoms with Crippen molar-refractivity contribution in [1.29, 1.82) is 0 Å². The fourth-order valence-electron chi connectivity index (χ4n) is 4.51. The van der Waals surface area contributed by atoms with Gasteiger partial charge in [-0.25, -0.2) is 8.42 Å². The molecular formula is C20H21N3O2S. The first kappa shape index (κ1) is 16.0. The zero-order valence-electron chi connectivity index (χ0n) is 14.9. The van der Waals surface area contributed by atoms with Gasteiger partial charge in [-0.3, -0.25) is 4.98 Å². The van der Waals surface area contributed by atoms with Crippen LogP contribution in [0.1, 0.15) is 27.6 Å². The molecule has 2 aliphatic rings. The van der Waals surface area contributed by atoms with E-state index in [0.29, 0.717) is 11.4 Å². The molecule has 0 saturated heterocycles. The van der Waals surface area contributed by atoms with Crippen molar-refractivity contribution in [3.05, 3.63) is 59.0 Å². The number of pyridine rings is 1. The maximum absolute atomic E-state index is 13.5. The molecule has 2 aliphatic heterocycles. The molecule has 0 aliphatic carbocycles. The first-order valence-corrected chi connectivity index (χ1v) is 10.5. The second kappa shape index (κ2) is 5.41. The van der Waals surface area contributed by atoms with Crippen LogP contribution in [0.2, 0.25) is 0 Å². The van der Waals surface area contributed by atoms with E-state index in [1.54, 1.807) is 12.4 Å². The summed E-state index contributed by atoms with van der Waals surface area (Å²) in [6.07, 6.45) is 4.31. The van der Waals surface area contributed by atoms with Gasteiger partial charge in [-0.2, -0.15) is 0 Å². The second-order valence-corrected chi connectivity index (χ2v) is 9.60. The van der Waals surface area contributed by atoms with Gasteiger partial charge in [0, 0.05) is 49.5 Å². The number of hydrogen-bond donors (Lipinski definition) is 0. The Kier molecular flexibility index (Phi) is 3.33. The number of rotatable bonds is 1. The quantitative estimate of drug-likeness (QED) is 0.664. The molecule has 5 rings (SSSR count). The van der Waals surface area contributed by atoms with Gasteiger partial charge in [0.1, 0.15) is 5.25 Å². The lowest BCUT2D eigenvalue weighted by Gasteiger charge is -2.28. The first-order chi connectivity index (χ1) is 12.5. The summed E-state index contributed by atoms with van der Waals surface area (Å²) in [5.41, 5.74) is 5.32. The summed E-state index contributed by atoms with van der Waals surface area (Å²) < 4.78 is 29.2. The largest absolute Gasteiger partial charge is 0.341 e. The summed E-state index contributed by atoms with van der Waals surface area (Å²) in [5.74, 6) is 0. The van der Waals surface area contributed by atoms with Crippen molar-refractivity contribution in [1.82, 2.24) is 14.5 Å². The highest BCUT2D eigenvalue weighted by Crippen LogP contribution is 2.44. The lowest BCUT2D eigenvalue weighted by atomic mass is 10.0. The first-order valence-electron chi connectivity index (χ1n) is 8.94. The lowest BCUT2D eigenvalue weighted by molar-refractivity contribution is 0.309. The molecule has 4 heterocycles. The Balaban J connectivity index is 1.84. The minimum atomic E-state index is -3.44. The second-order valence-electron chi connectivity index (χ2n) is 7.50. The molecule has 1 unspecified atom stereocenters. The Bertz CT molecular complexity index is 1130. The van der Waals surface area contributed by atoms with Crippen LogP contribution >= 0.6 is 0 Å². The summed E-state index contributed by atoms with van der Waals surface area (Å²) in [6.45, 7) is 4.35. The molecule has 5 nitrogen and oxygen atoms in total. The highest BCUT2D eigenvalue weighted by Gasteiger charge is 2.39. The van der Waals surface area contributed by atoms with Crippen molar-refractivity contribution in [2.24, 2.45) is 0 Å². The zero-order chi connectivity index (χ0) is 18.1. The van der Waals surface area contributed by atoms with Crippen LogP contribution in [0.25, 0.3) is 10.9 Å². The van der Waals surface area contributed by atoms with Crippen molar-refractivity contribution < 1.29 is 8.42 Å². The van der Waals surface area contributed by atoms with Crippen molar-refractivity contribution in [3.63, 3.8) is 0 Å². The molecule has 3 aromatic rings. The average Bonchev–Trinajstić information content (AvgIpc) is 2.92. The van der Waals surface area contributed by atoms with Crippen LogP contribution in [0.4, 0.5) is 0 Å². The number of aromatic nitrogens is 2. The number of sulfone groups is 1. The van der Waals surface area contributed by atoms with E-state index in [0.717, 1.165) is 41.5 Å². The van der Waals surface area contributed by atoms with Crippen LogP contribution in [0.15, 0.2) is 41.6 Å². The zero-order valence-corrected chi connectivity index (χ0v) is 15.8. The summed E-state index contributed by atoms with van der Waals surface area (Å²) in [7, 11) is -1.32. The molecule has 0 radical (unpaired) electrons. The smallest absolute Gasteiger partial charge is 0.189 e. The van der Waals surface area contributed by atoms with Gasteiger partial charge in [-0.15, -0.1) is 0 Å². The number of nitrogens with zero attached hydrogens (tertiary/aromatic N) is 3. The van der Waals surface area contributed by atoms with Crippen molar-refractivity contribution >= 4 is 20.7 Å². The van der Waals surface area contributed by atoms with E-state index in [1.807, 2.05) is 25.1 Å². The molecule has 6 heteroatoms. The van der Waals surface area contributed by atoms with Crippen LogP contribution in [0.5, 0.6) is 0 Å². The summed E-state index contributed by atoms with van der Waals surface area (Å²) in [5, 5.41) is 0.553. The average molecular weight is 367 g/mol. The molecule has 0 amide bonds. The third-order valence-corrected chi connectivity index (χ3v) is 7.85. The number of aryl methyl sites for hydroxylation is 1. The minimum Gasteiger partial charge on any atom is -0.341 e. The maximum atomic E-state index is 13.5. The maximum Gasteiger partial charge on any atom is 0.189 e. The van der Waals surface area contributed by atoms with Crippen molar-refractivity contribution in [2.75, 3.05) is 13.6 Å². The minimum absolute atomic E-state index is 0.484. The molecule has 1 atom stereocenters. The van der Waals surface area contributed by atoms with E-state index in [2.05, 4.69) is 27.6 Å². The molecular weight excluding hydrogens is 346 g/mol. The fraction of sp³-hybridized carbons (Fsp3) is 0.350. The van der Waals surface area contributed by atoms with E-state index >= 15 is 0 Å². The van der Waals surface area contributed by atoms with Crippen LogP contribution in [-0.4, -0.2) is 36.5 Å². The van der Waals surface area contributed by atoms with E-state index in [1.165, 1.54) is 11.3 Å². The molecule has 0 saturated carbocycles. The molecule has 26 heavy (non-hydrogen) atoms. The van der Waals surface area contributed by atoms with Crippen LogP contribution in [-0.2, 0) is 29.3 Å². The third kappa shape index (κ3) is 2.12. The van der Waals surface area contributed by atoms with Crippen LogP contribution < -0.4 is 0 Å². The summed E-state index contributed by atoms with van der Waals surface area (Å²) in [4.78, 5) is 6.84. The van der Waals surface area contributed by atoms with Gasteiger partial charge in [0.15, 0.2) is 9.84 Å². The van der Waals surface area contributed by atoms with Gasteiger partial charge in [0.05, 0.1) is 10.4 Å². The lowest BCUT2D eigenvalue weighted by Crippen LogP contribution is -2.29. The summed E-state index contributed by atoms with van der Waals surface area (Å²) >= 11 is 0. The Labute approximate surface area is 153 Å². The highest BCUT2D eigenvalue weighted by molar-refractivity contribution is 7.92. The fourth-order valence-corrected chi connectivity index (χ4v) is 6.52. The predicted molar refractivity (Wildman–Crippen MR) is 101 cm³/mol. The molecule has 0 N–H and O–H groups in total. The molecule has 134 valence electrons. The topological polar surface area (TPSA) is 55.2 Å². The number of benzene rings is 1.